The van der Waals surface area contributed by atoms with Crippen molar-refractivity contribution < 1.29 is 13.2 Å². The molecule has 2 rings (SSSR count). The van der Waals surface area contributed by atoms with E-state index in [1.807, 2.05) is 35.2 Å². The molecular formula is C18H27NO3S. The molecule has 23 heavy (non-hydrogen) atoms. The van der Waals surface area contributed by atoms with Gasteiger partial charge in [0.15, 0.2) is 0 Å². The van der Waals surface area contributed by atoms with Crippen LogP contribution in [0.3, 0.4) is 0 Å². The zero-order valence-electron chi connectivity index (χ0n) is 14.3. The number of carbonyl (C=O) groups excluding carboxylic acids is 1. The molecule has 0 aliphatic heterocycles. The van der Waals surface area contributed by atoms with Gasteiger partial charge in [0.25, 0.3) is 0 Å². The van der Waals surface area contributed by atoms with Crippen LogP contribution in [0.1, 0.15) is 45.1 Å². The van der Waals surface area contributed by atoms with E-state index in [-0.39, 0.29) is 29.5 Å². The fraction of sp³-hybridized carbons (Fsp3) is 0.611. The molecule has 0 spiro atoms. The van der Waals surface area contributed by atoms with Gasteiger partial charge in [-0.05, 0) is 23.8 Å². The van der Waals surface area contributed by atoms with Crippen molar-refractivity contribution in [3.63, 3.8) is 0 Å². The lowest BCUT2D eigenvalue weighted by Crippen LogP contribution is -2.45. The number of nitrogens with zero attached hydrogens (tertiary/aromatic N) is 1. The third kappa shape index (κ3) is 5.06. The van der Waals surface area contributed by atoms with Crippen LogP contribution in [0.2, 0.25) is 0 Å². The molecule has 0 aromatic heterocycles. The van der Waals surface area contributed by atoms with Crippen LogP contribution in [-0.2, 0) is 21.2 Å². The van der Waals surface area contributed by atoms with Crippen molar-refractivity contribution in [3.05, 3.63) is 35.9 Å². The third-order valence-corrected chi connectivity index (χ3v) is 5.73. The largest absolute Gasteiger partial charge is 0.335 e. The smallest absolute Gasteiger partial charge is 0.224 e. The highest BCUT2D eigenvalue weighted by molar-refractivity contribution is 7.90. The zero-order valence-corrected chi connectivity index (χ0v) is 15.1. The molecule has 1 aromatic rings. The molecule has 0 unspecified atom stereocenters. The van der Waals surface area contributed by atoms with Gasteiger partial charge in [0, 0.05) is 25.3 Å². The number of hydrogen-bond acceptors (Lipinski definition) is 3. The molecule has 0 N–H and O–H groups in total. The lowest BCUT2D eigenvalue weighted by molar-refractivity contribution is -0.135. The van der Waals surface area contributed by atoms with E-state index in [9.17, 15) is 13.2 Å². The molecule has 1 aliphatic carbocycles. The van der Waals surface area contributed by atoms with Gasteiger partial charge < -0.3 is 4.90 Å². The van der Waals surface area contributed by atoms with Crippen LogP contribution in [0.15, 0.2) is 30.3 Å². The molecule has 1 atom stereocenters. The first-order valence-electron chi connectivity index (χ1n) is 8.20. The Balaban J connectivity index is 2.19. The molecular weight excluding hydrogens is 310 g/mol. The topological polar surface area (TPSA) is 54.5 Å². The number of carbonyl (C=O) groups is 1. The zero-order chi connectivity index (χ0) is 17.1. The number of benzene rings is 1. The molecule has 1 fully saturated rings. The van der Waals surface area contributed by atoms with Crippen LogP contribution >= 0.6 is 0 Å². The van der Waals surface area contributed by atoms with Gasteiger partial charge in [-0.15, -0.1) is 0 Å². The van der Waals surface area contributed by atoms with E-state index < -0.39 is 9.84 Å². The minimum absolute atomic E-state index is 0.0562. The maximum absolute atomic E-state index is 12.7. The quantitative estimate of drug-likeness (QED) is 0.802. The third-order valence-electron chi connectivity index (χ3n) is 4.78. The van der Waals surface area contributed by atoms with Gasteiger partial charge >= 0.3 is 0 Å². The van der Waals surface area contributed by atoms with Crippen LogP contribution < -0.4 is 0 Å². The van der Waals surface area contributed by atoms with Crippen molar-refractivity contribution in [2.24, 2.45) is 5.41 Å². The summed E-state index contributed by atoms with van der Waals surface area (Å²) in [6.45, 7) is 4.95. The van der Waals surface area contributed by atoms with E-state index in [4.69, 9.17) is 0 Å². The first kappa shape index (κ1) is 18.0. The van der Waals surface area contributed by atoms with Crippen LogP contribution in [0.25, 0.3) is 0 Å². The van der Waals surface area contributed by atoms with Crippen LogP contribution in [0.5, 0.6) is 0 Å². The predicted octanol–water partition coefficient (Wildman–Crippen LogP) is 3.03. The second-order valence-corrected chi connectivity index (χ2v) is 9.54. The number of sulfone groups is 1. The lowest BCUT2D eigenvalue weighted by Gasteiger charge is -2.38. The van der Waals surface area contributed by atoms with Gasteiger partial charge in [-0.2, -0.15) is 0 Å². The van der Waals surface area contributed by atoms with Gasteiger partial charge in [-0.25, -0.2) is 8.42 Å². The van der Waals surface area contributed by atoms with E-state index in [0.29, 0.717) is 6.54 Å². The summed E-state index contributed by atoms with van der Waals surface area (Å²) in [7, 11) is -3.13. The minimum atomic E-state index is -3.13. The van der Waals surface area contributed by atoms with E-state index in [2.05, 4.69) is 13.8 Å². The molecule has 0 saturated heterocycles. The molecule has 1 saturated carbocycles. The minimum Gasteiger partial charge on any atom is -0.335 e. The van der Waals surface area contributed by atoms with Crippen molar-refractivity contribution in [1.82, 2.24) is 4.90 Å². The monoisotopic (exact) mass is 337 g/mol. The van der Waals surface area contributed by atoms with Crippen molar-refractivity contribution in [2.75, 3.05) is 12.0 Å². The predicted molar refractivity (Wildman–Crippen MR) is 92.7 cm³/mol. The Morgan fingerprint density at radius 3 is 2.43 bits per heavy atom. The van der Waals surface area contributed by atoms with Gasteiger partial charge in [-0.1, -0.05) is 50.6 Å². The first-order chi connectivity index (χ1) is 10.7. The van der Waals surface area contributed by atoms with Crippen molar-refractivity contribution in [3.8, 4) is 0 Å². The molecule has 5 heteroatoms. The second kappa shape index (κ2) is 7.04. The molecule has 0 bridgehead atoms. The van der Waals surface area contributed by atoms with Crippen LogP contribution in [0, 0.1) is 5.41 Å². The fourth-order valence-electron chi connectivity index (χ4n) is 3.45. The van der Waals surface area contributed by atoms with E-state index >= 15 is 0 Å². The Morgan fingerprint density at radius 2 is 1.91 bits per heavy atom. The number of rotatable bonds is 6. The Hall–Kier alpha value is -1.36. The average molecular weight is 337 g/mol. The van der Waals surface area contributed by atoms with Crippen LogP contribution in [0.4, 0.5) is 0 Å². The van der Waals surface area contributed by atoms with E-state index in [1.54, 1.807) is 0 Å². The summed E-state index contributed by atoms with van der Waals surface area (Å²) in [5.74, 6) is -0.135. The maximum Gasteiger partial charge on any atom is 0.224 e. The summed E-state index contributed by atoms with van der Waals surface area (Å²) in [6, 6.07) is 10.1. The summed E-state index contributed by atoms with van der Waals surface area (Å²) in [4.78, 5) is 14.6. The van der Waals surface area contributed by atoms with Gasteiger partial charge in [0.2, 0.25) is 5.91 Å². The van der Waals surface area contributed by atoms with E-state index in [1.165, 1.54) is 6.26 Å². The fourth-order valence-corrected chi connectivity index (χ4v) is 4.00. The Morgan fingerprint density at radius 1 is 1.26 bits per heavy atom. The Bertz CT molecular complexity index is 637. The van der Waals surface area contributed by atoms with Gasteiger partial charge in [-0.3, -0.25) is 4.79 Å². The van der Waals surface area contributed by atoms with E-state index in [0.717, 1.165) is 24.8 Å². The molecule has 1 amide bonds. The number of amides is 1. The lowest BCUT2D eigenvalue weighted by atomic mass is 9.86. The Labute approximate surface area is 139 Å². The SMILES string of the molecule is CC1(C)CCC[C@@H]1N(Cc1ccccc1)C(=O)CCS(C)(=O)=O. The molecule has 0 heterocycles. The Kier molecular flexibility index (Phi) is 5.50. The van der Waals surface area contributed by atoms with Crippen molar-refractivity contribution in [2.45, 2.75) is 52.1 Å². The molecule has 4 nitrogen and oxygen atoms in total. The highest BCUT2D eigenvalue weighted by Crippen LogP contribution is 2.41. The summed E-state index contributed by atoms with van der Waals surface area (Å²) < 4.78 is 22.8. The molecule has 128 valence electrons. The molecule has 1 aromatic carbocycles. The highest BCUT2D eigenvalue weighted by atomic mass is 32.2. The molecule has 0 radical (unpaired) electrons. The summed E-state index contributed by atoms with van der Waals surface area (Å²) >= 11 is 0. The van der Waals surface area contributed by atoms with Crippen LogP contribution in [-0.4, -0.2) is 37.3 Å². The van der Waals surface area contributed by atoms with Gasteiger partial charge in [0.1, 0.15) is 9.84 Å². The number of hydrogen-bond donors (Lipinski definition) is 0. The normalized spacial score (nSPS) is 20.4. The maximum atomic E-state index is 12.7. The van der Waals surface area contributed by atoms with Gasteiger partial charge in [0.05, 0.1) is 5.75 Å². The highest BCUT2D eigenvalue weighted by Gasteiger charge is 2.40. The average Bonchev–Trinajstić information content (AvgIpc) is 2.82. The molecule has 1 aliphatic rings. The van der Waals surface area contributed by atoms with Crippen molar-refractivity contribution >= 4 is 15.7 Å². The second-order valence-electron chi connectivity index (χ2n) is 7.28. The standard InChI is InChI=1S/C18H27NO3S/c1-18(2)12-7-10-16(18)19(14-15-8-5-4-6-9-15)17(20)11-13-23(3,21)22/h4-6,8-9,16H,7,10-14H2,1-3H3/t16-/m0/s1. The first-order valence-corrected chi connectivity index (χ1v) is 10.3. The van der Waals surface area contributed by atoms with Crippen molar-refractivity contribution in [1.29, 1.82) is 0 Å². The summed E-state index contributed by atoms with van der Waals surface area (Å²) in [5, 5.41) is 0. The summed E-state index contributed by atoms with van der Waals surface area (Å²) in [6.07, 6.45) is 4.45. The summed E-state index contributed by atoms with van der Waals surface area (Å²) in [5.41, 5.74) is 1.16.